The summed E-state index contributed by atoms with van der Waals surface area (Å²) >= 11 is 6.77. The van der Waals surface area contributed by atoms with Gasteiger partial charge in [-0.2, -0.15) is 0 Å². The summed E-state index contributed by atoms with van der Waals surface area (Å²) in [5.41, 5.74) is 2.04. The van der Waals surface area contributed by atoms with E-state index in [2.05, 4.69) is 42.2 Å². The summed E-state index contributed by atoms with van der Waals surface area (Å²) in [5.74, 6) is -0.179. The first-order valence-electron chi connectivity index (χ1n) is 6.25. The first-order valence-corrected chi connectivity index (χ1v) is 7.84. The first-order chi connectivity index (χ1) is 10.1. The van der Waals surface area contributed by atoms with Gasteiger partial charge in [0.1, 0.15) is 0 Å². The predicted molar refractivity (Wildman–Crippen MR) is 91.5 cm³/mol. The molecule has 1 amide bonds. The van der Waals surface area contributed by atoms with Crippen LogP contribution in [0.25, 0.3) is 10.9 Å². The number of benzene rings is 2. The van der Waals surface area contributed by atoms with Gasteiger partial charge in [-0.25, -0.2) is 0 Å². The number of para-hydroxylation sites is 1. The smallest absolute Gasteiger partial charge is 0.256 e. The van der Waals surface area contributed by atoms with E-state index in [0.29, 0.717) is 11.3 Å². The van der Waals surface area contributed by atoms with Gasteiger partial charge in [0.2, 0.25) is 0 Å². The molecule has 0 fully saturated rings. The molecule has 5 heteroatoms. The van der Waals surface area contributed by atoms with Crippen LogP contribution < -0.4 is 5.32 Å². The van der Waals surface area contributed by atoms with Crippen LogP contribution >= 0.6 is 31.9 Å². The molecule has 1 heterocycles. The van der Waals surface area contributed by atoms with E-state index in [9.17, 15) is 4.79 Å². The summed E-state index contributed by atoms with van der Waals surface area (Å²) < 4.78 is 1.60. The van der Waals surface area contributed by atoms with Gasteiger partial charge in [0.05, 0.1) is 16.8 Å². The molecular formula is C16H10Br2N2O. The molecule has 0 radical (unpaired) electrons. The average Bonchev–Trinajstić information content (AvgIpc) is 2.50. The number of halogens is 2. The molecule has 104 valence electrons. The van der Waals surface area contributed by atoms with E-state index in [1.165, 1.54) is 0 Å². The molecule has 0 bridgehead atoms. The Balaban J connectivity index is 1.99. The predicted octanol–water partition coefficient (Wildman–Crippen LogP) is 5.01. The Morgan fingerprint density at radius 1 is 1.05 bits per heavy atom. The molecular weight excluding hydrogens is 396 g/mol. The maximum absolute atomic E-state index is 12.4. The van der Waals surface area contributed by atoms with Crippen molar-refractivity contribution in [2.45, 2.75) is 0 Å². The van der Waals surface area contributed by atoms with Crippen LogP contribution in [-0.2, 0) is 0 Å². The lowest BCUT2D eigenvalue weighted by molar-refractivity contribution is 0.102. The Bertz CT molecular complexity index is 828. The van der Waals surface area contributed by atoms with Gasteiger partial charge in [-0.3, -0.25) is 9.78 Å². The molecule has 0 aliphatic carbocycles. The summed E-state index contributed by atoms with van der Waals surface area (Å²) in [6.07, 6.45) is 1.72. The van der Waals surface area contributed by atoms with Crippen molar-refractivity contribution in [1.29, 1.82) is 0 Å². The van der Waals surface area contributed by atoms with E-state index >= 15 is 0 Å². The van der Waals surface area contributed by atoms with E-state index in [1.807, 2.05) is 42.5 Å². The largest absolute Gasteiger partial charge is 0.320 e. The van der Waals surface area contributed by atoms with Gasteiger partial charge in [-0.15, -0.1) is 0 Å². The molecule has 3 nitrogen and oxygen atoms in total. The van der Waals surface area contributed by atoms with Crippen LogP contribution in [0.3, 0.4) is 0 Å². The number of rotatable bonds is 2. The van der Waals surface area contributed by atoms with Gasteiger partial charge in [-0.1, -0.05) is 34.1 Å². The lowest BCUT2D eigenvalue weighted by atomic mass is 10.1. The molecule has 3 aromatic rings. The molecule has 0 atom stereocenters. The monoisotopic (exact) mass is 404 g/mol. The van der Waals surface area contributed by atoms with Crippen molar-refractivity contribution in [1.82, 2.24) is 4.98 Å². The zero-order valence-corrected chi connectivity index (χ0v) is 14.0. The molecule has 2 aromatic carbocycles. The molecule has 0 aliphatic rings. The van der Waals surface area contributed by atoms with Crippen LogP contribution in [0.2, 0.25) is 0 Å². The standard InChI is InChI=1S/C16H10Br2N2O/c17-11-6-7-13(18)12(9-11)16(21)20-14-5-1-3-10-4-2-8-19-15(10)14/h1-9H,(H,20,21). The molecule has 0 aliphatic heterocycles. The van der Waals surface area contributed by atoms with Crippen LogP contribution in [0.5, 0.6) is 0 Å². The third-order valence-corrected chi connectivity index (χ3v) is 4.24. The number of amides is 1. The van der Waals surface area contributed by atoms with Crippen LogP contribution in [0.1, 0.15) is 10.4 Å². The summed E-state index contributed by atoms with van der Waals surface area (Å²) in [6, 6.07) is 15.0. The lowest BCUT2D eigenvalue weighted by Gasteiger charge is -2.09. The third kappa shape index (κ3) is 2.99. The molecule has 0 unspecified atom stereocenters. The van der Waals surface area contributed by atoms with Gasteiger partial charge >= 0.3 is 0 Å². The van der Waals surface area contributed by atoms with E-state index in [1.54, 1.807) is 12.3 Å². The maximum atomic E-state index is 12.4. The zero-order valence-electron chi connectivity index (χ0n) is 10.8. The van der Waals surface area contributed by atoms with Crippen molar-refractivity contribution in [2.24, 2.45) is 0 Å². The molecule has 0 saturated heterocycles. The maximum Gasteiger partial charge on any atom is 0.256 e. The van der Waals surface area contributed by atoms with Crippen molar-refractivity contribution in [3.05, 3.63) is 69.2 Å². The Morgan fingerprint density at radius 3 is 2.71 bits per heavy atom. The van der Waals surface area contributed by atoms with E-state index < -0.39 is 0 Å². The van der Waals surface area contributed by atoms with Crippen LogP contribution in [0.4, 0.5) is 5.69 Å². The van der Waals surface area contributed by atoms with Crippen molar-refractivity contribution >= 4 is 54.4 Å². The second-order valence-electron chi connectivity index (χ2n) is 4.46. The normalized spacial score (nSPS) is 10.6. The molecule has 0 spiro atoms. The second-order valence-corrected chi connectivity index (χ2v) is 6.23. The molecule has 0 saturated carbocycles. The van der Waals surface area contributed by atoms with Gasteiger partial charge in [0.15, 0.2) is 0 Å². The van der Waals surface area contributed by atoms with E-state index in [4.69, 9.17) is 0 Å². The summed E-state index contributed by atoms with van der Waals surface area (Å²) in [5, 5.41) is 3.91. The molecule has 1 aromatic heterocycles. The van der Waals surface area contributed by atoms with E-state index in [0.717, 1.165) is 19.8 Å². The van der Waals surface area contributed by atoms with Crippen LogP contribution in [0.15, 0.2) is 63.7 Å². The average molecular weight is 406 g/mol. The number of carbonyl (C=O) groups excluding carboxylic acids is 1. The van der Waals surface area contributed by atoms with Crippen LogP contribution in [0, 0.1) is 0 Å². The number of nitrogens with zero attached hydrogens (tertiary/aromatic N) is 1. The third-order valence-electron chi connectivity index (χ3n) is 3.05. The Kier molecular flexibility index (Phi) is 4.03. The number of anilines is 1. The number of pyridine rings is 1. The Labute approximate surface area is 138 Å². The first kappa shape index (κ1) is 14.2. The summed E-state index contributed by atoms with van der Waals surface area (Å²) in [4.78, 5) is 16.8. The Hall–Kier alpha value is -1.72. The van der Waals surface area contributed by atoms with Crippen molar-refractivity contribution in [3.8, 4) is 0 Å². The van der Waals surface area contributed by atoms with Gasteiger partial charge in [0.25, 0.3) is 5.91 Å². The van der Waals surface area contributed by atoms with Crippen molar-refractivity contribution in [3.63, 3.8) is 0 Å². The fourth-order valence-electron chi connectivity index (χ4n) is 2.07. The minimum atomic E-state index is -0.179. The SMILES string of the molecule is O=C(Nc1cccc2cccnc12)c1cc(Br)ccc1Br. The fraction of sp³-hybridized carbons (Fsp3) is 0. The number of fused-ring (bicyclic) bond motifs is 1. The van der Waals surface area contributed by atoms with Crippen molar-refractivity contribution in [2.75, 3.05) is 5.32 Å². The molecule has 21 heavy (non-hydrogen) atoms. The second kappa shape index (κ2) is 5.95. The number of hydrogen-bond acceptors (Lipinski definition) is 2. The van der Waals surface area contributed by atoms with Gasteiger partial charge < -0.3 is 5.32 Å². The zero-order chi connectivity index (χ0) is 14.8. The van der Waals surface area contributed by atoms with Crippen molar-refractivity contribution < 1.29 is 4.79 Å². The highest BCUT2D eigenvalue weighted by Crippen LogP contribution is 2.25. The number of carbonyl (C=O) groups is 1. The van der Waals surface area contributed by atoms with E-state index in [-0.39, 0.29) is 5.91 Å². The highest BCUT2D eigenvalue weighted by Gasteiger charge is 2.12. The number of aromatic nitrogens is 1. The van der Waals surface area contributed by atoms with Gasteiger partial charge in [-0.05, 0) is 46.3 Å². The minimum absolute atomic E-state index is 0.179. The minimum Gasteiger partial charge on any atom is -0.320 e. The van der Waals surface area contributed by atoms with Gasteiger partial charge in [0, 0.05) is 20.5 Å². The van der Waals surface area contributed by atoms with Crippen LogP contribution in [-0.4, -0.2) is 10.9 Å². The summed E-state index contributed by atoms with van der Waals surface area (Å²) in [6.45, 7) is 0. The quantitative estimate of drug-likeness (QED) is 0.650. The topological polar surface area (TPSA) is 42.0 Å². The number of hydrogen-bond donors (Lipinski definition) is 1. The number of nitrogens with one attached hydrogen (secondary N) is 1. The summed E-state index contributed by atoms with van der Waals surface area (Å²) in [7, 11) is 0. The Morgan fingerprint density at radius 2 is 1.86 bits per heavy atom. The molecule has 1 N–H and O–H groups in total. The highest BCUT2D eigenvalue weighted by molar-refractivity contribution is 9.11. The molecule has 3 rings (SSSR count). The highest BCUT2D eigenvalue weighted by atomic mass is 79.9. The lowest BCUT2D eigenvalue weighted by Crippen LogP contribution is -2.13. The fourth-order valence-corrected chi connectivity index (χ4v) is 2.85.